The summed E-state index contributed by atoms with van der Waals surface area (Å²) in [5, 5.41) is 12.4. The SMILES string of the molecule is Cc1ccc(N(CC(=O)NCCN)c2cccc(O)c2)cc1. The molecule has 5 heteroatoms. The lowest BCUT2D eigenvalue weighted by Crippen LogP contribution is -2.37. The minimum Gasteiger partial charge on any atom is -0.508 e. The van der Waals surface area contributed by atoms with Crippen molar-refractivity contribution in [3.8, 4) is 5.75 Å². The maximum Gasteiger partial charge on any atom is 0.240 e. The molecule has 0 heterocycles. The van der Waals surface area contributed by atoms with Gasteiger partial charge < -0.3 is 21.1 Å². The van der Waals surface area contributed by atoms with E-state index in [0.717, 1.165) is 16.9 Å². The van der Waals surface area contributed by atoms with Gasteiger partial charge in [-0.3, -0.25) is 4.79 Å². The van der Waals surface area contributed by atoms with Gasteiger partial charge in [-0.15, -0.1) is 0 Å². The summed E-state index contributed by atoms with van der Waals surface area (Å²) >= 11 is 0. The fourth-order valence-corrected chi connectivity index (χ4v) is 2.13. The van der Waals surface area contributed by atoms with Crippen LogP contribution < -0.4 is 16.0 Å². The third-order valence-corrected chi connectivity index (χ3v) is 3.26. The van der Waals surface area contributed by atoms with E-state index < -0.39 is 0 Å². The minimum absolute atomic E-state index is 0.116. The Morgan fingerprint density at radius 1 is 1.18 bits per heavy atom. The fraction of sp³-hybridized carbons (Fsp3) is 0.235. The van der Waals surface area contributed by atoms with E-state index in [2.05, 4.69) is 5.32 Å². The Morgan fingerprint density at radius 2 is 1.91 bits per heavy atom. The maximum atomic E-state index is 12.0. The molecule has 0 aromatic heterocycles. The monoisotopic (exact) mass is 299 g/mol. The molecular weight excluding hydrogens is 278 g/mol. The number of amides is 1. The standard InChI is InChI=1S/C17H21N3O2/c1-13-5-7-14(8-6-13)20(12-17(22)19-10-9-18)15-3-2-4-16(21)11-15/h2-8,11,21H,9-10,12,18H2,1H3,(H,19,22). The van der Waals surface area contributed by atoms with Crippen molar-refractivity contribution in [2.75, 3.05) is 24.5 Å². The number of benzene rings is 2. The second kappa shape index (κ2) is 7.47. The first-order chi connectivity index (χ1) is 10.6. The van der Waals surface area contributed by atoms with Gasteiger partial charge in [0.05, 0.1) is 0 Å². The maximum absolute atomic E-state index is 12.0. The number of nitrogens with zero attached hydrogens (tertiary/aromatic N) is 1. The predicted molar refractivity (Wildman–Crippen MR) is 88.4 cm³/mol. The van der Waals surface area contributed by atoms with Crippen LogP contribution in [0.1, 0.15) is 5.56 Å². The predicted octanol–water partition coefficient (Wildman–Crippen LogP) is 1.91. The van der Waals surface area contributed by atoms with Gasteiger partial charge in [-0.25, -0.2) is 0 Å². The fourth-order valence-electron chi connectivity index (χ4n) is 2.13. The number of phenols is 1. The number of carbonyl (C=O) groups excluding carboxylic acids is 1. The second-order valence-corrected chi connectivity index (χ2v) is 5.08. The van der Waals surface area contributed by atoms with E-state index in [4.69, 9.17) is 5.73 Å². The molecule has 2 aromatic carbocycles. The molecule has 0 aliphatic heterocycles. The highest BCUT2D eigenvalue weighted by molar-refractivity contribution is 5.84. The molecule has 0 fully saturated rings. The Kier molecular flexibility index (Phi) is 5.38. The molecule has 116 valence electrons. The average Bonchev–Trinajstić information content (AvgIpc) is 2.51. The summed E-state index contributed by atoms with van der Waals surface area (Å²) in [6.07, 6.45) is 0. The van der Waals surface area contributed by atoms with E-state index in [1.165, 1.54) is 0 Å². The first-order valence-corrected chi connectivity index (χ1v) is 7.20. The molecule has 5 nitrogen and oxygen atoms in total. The van der Waals surface area contributed by atoms with Gasteiger partial charge in [0.2, 0.25) is 5.91 Å². The van der Waals surface area contributed by atoms with E-state index in [9.17, 15) is 9.90 Å². The first-order valence-electron chi connectivity index (χ1n) is 7.20. The highest BCUT2D eigenvalue weighted by Gasteiger charge is 2.14. The number of hydrogen-bond donors (Lipinski definition) is 3. The molecule has 22 heavy (non-hydrogen) atoms. The molecule has 0 bridgehead atoms. The Bertz CT molecular complexity index is 626. The summed E-state index contributed by atoms with van der Waals surface area (Å²) in [7, 11) is 0. The number of phenolic OH excluding ortho intramolecular Hbond substituents is 1. The van der Waals surface area contributed by atoms with Crippen LogP contribution in [0.2, 0.25) is 0 Å². The van der Waals surface area contributed by atoms with E-state index in [1.807, 2.05) is 42.2 Å². The lowest BCUT2D eigenvalue weighted by atomic mass is 10.2. The normalized spacial score (nSPS) is 10.3. The topological polar surface area (TPSA) is 78.6 Å². The zero-order chi connectivity index (χ0) is 15.9. The molecule has 0 spiro atoms. The molecule has 0 unspecified atom stereocenters. The third-order valence-electron chi connectivity index (χ3n) is 3.26. The Labute approximate surface area is 130 Å². The van der Waals surface area contributed by atoms with Crippen molar-refractivity contribution in [2.24, 2.45) is 5.73 Å². The number of aryl methyl sites for hydroxylation is 1. The molecule has 0 aliphatic rings. The Balaban J connectivity index is 2.28. The number of rotatable bonds is 6. The van der Waals surface area contributed by atoms with Crippen LogP contribution in [0.25, 0.3) is 0 Å². The largest absolute Gasteiger partial charge is 0.508 e. The lowest BCUT2D eigenvalue weighted by molar-refractivity contribution is -0.119. The van der Waals surface area contributed by atoms with Crippen LogP contribution >= 0.6 is 0 Å². The van der Waals surface area contributed by atoms with Gasteiger partial charge in [0.25, 0.3) is 0 Å². The highest BCUT2D eigenvalue weighted by Crippen LogP contribution is 2.27. The van der Waals surface area contributed by atoms with Gasteiger partial charge in [0.1, 0.15) is 12.3 Å². The van der Waals surface area contributed by atoms with E-state index in [0.29, 0.717) is 13.1 Å². The van der Waals surface area contributed by atoms with Gasteiger partial charge in [0, 0.05) is 30.5 Å². The van der Waals surface area contributed by atoms with Crippen LogP contribution in [-0.2, 0) is 4.79 Å². The summed E-state index contributed by atoms with van der Waals surface area (Å²) < 4.78 is 0. The van der Waals surface area contributed by atoms with Gasteiger partial charge in [0.15, 0.2) is 0 Å². The molecule has 1 amide bonds. The zero-order valence-corrected chi connectivity index (χ0v) is 12.6. The smallest absolute Gasteiger partial charge is 0.240 e. The summed E-state index contributed by atoms with van der Waals surface area (Å²) in [5.74, 6) is 0.0475. The summed E-state index contributed by atoms with van der Waals surface area (Å²) in [5.41, 5.74) is 8.19. The Morgan fingerprint density at radius 3 is 2.55 bits per heavy atom. The van der Waals surface area contributed by atoms with Crippen molar-refractivity contribution < 1.29 is 9.90 Å². The molecule has 0 atom stereocenters. The number of nitrogens with one attached hydrogen (secondary N) is 1. The van der Waals surface area contributed by atoms with Crippen LogP contribution in [0, 0.1) is 6.92 Å². The molecule has 2 aromatic rings. The van der Waals surface area contributed by atoms with Crippen molar-refractivity contribution in [3.05, 3.63) is 54.1 Å². The van der Waals surface area contributed by atoms with Crippen molar-refractivity contribution in [1.29, 1.82) is 0 Å². The third kappa shape index (κ3) is 4.23. The molecule has 2 rings (SSSR count). The number of hydrogen-bond acceptors (Lipinski definition) is 4. The van der Waals surface area contributed by atoms with Crippen molar-refractivity contribution >= 4 is 17.3 Å². The van der Waals surface area contributed by atoms with Gasteiger partial charge >= 0.3 is 0 Å². The molecule has 4 N–H and O–H groups in total. The molecule has 0 saturated heterocycles. The molecular formula is C17H21N3O2. The number of anilines is 2. The van der Waals surface area contributed by atoms with Crippen molar-refractivity contribution in [3.63, 3.8) is 0 Å². The molecule has 0 aliphatic carbocycles. The van der Waals surface area contributed by atoms with Crippen LogP contribution in [0.4, 0.5) is 11.4 Å². The zero-order valence-electron chi connectivity index (χ0n) is 12.6. The van der Waals surface area contributed by atoms with Crippen molar-refractivity contribution in [1.82, 2.24) is 5.32 Å². The number of carbonyl (C=O) groups is 1. The van der Waals surface area contributed by atoms with Crippen LogP contribution in [-0.4, -0.2) is 30.6 Å². The molecule has 0 saturated carbocycles. The number of nitrogens with two attached hydrogens (primary N) is 1. The first kappa shape index (κ1) is 15.9. The van der Waals surface area contributed by atoms with Gasteiger partial charge in [-0.05, 0) is 31.2 Å². The van der Waals surface area contributed by atoms with Crippen LogP contribution in [0.3, 0.4) is 0 Å². The minimum atomic E-state index is -0.116. The van der Waals surface area contributed by atoms with Crippen LogP contribution in [0.5, 0.6) is 5.75 Å². The Hall–Kier alpha value is -2.53. The summed E-state index contributed by atoms with van der Waals surface area (Å²) in [4.78, 5) is 13.9. The van der Waals surface area contributed by atoms with E-state index in [-0.39, 0.29) is 18.2 Å². The van der Waals surface area contributed by atoms with E-state index in [1.54, 1.807) is 18.2 Å². The number of aromatic hydroxyl groups is 1. The lowest BCUT2D eigenvalue weighted by Gasteiger charge is -2.24. The quantitative estimate of drug-likeness (QED) is 0.761. The summed E-state index contributed by atoms with van der Waals surface area (Å²) in [6.45, 7) is 3.02. The van der Waals surface area contributed by atoms with Gasteiger partial charge in [-0.1, -0.05) is 23.8 Å². The second-order valence-electron chi connectivity index (χ2n) is 5.08. The van der Waals surface area contributed by atoms with Crippen molar-refractivity contribution in [2.45, 2.75) is 6.92 Å². The molecule has 0 radical (unpaired) electrons. The highest BCUT2D eigenvalue weighted by atomic mass is 16.3. The summed E-state index contributed by atoms with van der Waals surface area (Å²) in [6, 6.07) is 14.7. The van der Waals surface area contributed by atoms with Gasteiger partial charge in [-0.2, -0.15) is 0 Å². The average molecular weight is 299 g/mol. The van der Waals surface area contributed by atoms with E-state index >= 15 is 0 Å². The van der Waals surface area contributed by atoms with Crippen LogP contribution in [0.15, 0.2) is 48.5 Å².